The number of nitrogens with one attached hydrogen (secondary N) is 1. The molecule has 0 radical (unpaired) electrons. The molecule has 3 heterocycles. The van der Waals surface area contributed by atoms with Crippen LogP contribution in [-0.4, -0.2) is 35.1 Å². The van der Waals surface area contributed by atoms with Crippen molar-refractivity contribution in [2.75, 3.05) is 13.1 Å². The van der Waals surface area contributed by atoms with E-state index < -0.39 is 0 Å². The molecule has 2 atom stereocenters. The fraction of sp³-hybridized carbons (Fsp3) is 0.786. The summed E-state index contributed by atoms with van der Waals surface area (Å²) < 4.78 is 5.54. The third-order valence-electron chi connectivity index (χ3n) is 4.21. The molecule has 2 bridgehead atoms. The summed E-state index contributed by atoms with van der Waals surface area (Å²) in [5.74, 6) is 1.24. The van der Waals surface area contributed by atoms with Crippen molar-refractivity contribution in [1.82, 2.24) is 15.2 Å². The van der Waals surface area contributed by atoms with Gasteiger partial charge in [0.1, 0.15) is 6.26 Å². The van der Waals surface area contributed by atoms with Crippen LogP contribution in [0.3, 0.4) is 0 Å². The zero-order chi connectivity index (χ0) is 12.5. The summed E-state index contributed by atoms with van der Waals surface area (Å²) in [4.78, 5) is 7.23. The quantitative estimate of drug-likeness (QED) is 0.891. The molecule has 100 valence electrons. The van der Waals surface area contributed by atoms with Gasteiger partial charge in [0, 0.05) is 31.1 Å². The summed E-state index contributed by atoms with van der Waals surface area (Å²) in [6.07, 6.45) is 5.78. The van der Waals surface area contributed by atoms with E-state index in [4.69, 9.17) is 4.42 Å². The highest BCUT2D eigenvalue weighted by Gasteiger charge is 2.35. The van der Waals surface area contributed by atoms with Crippen molar-refractivity contribution in [1.29, 1.82) is 0 Å². The number of fused-ring (bicyclic) bond motifs is 2. The Bertz CT molecular complexity index is 387. The van der Waals surface area contributed by atoms with E-state index in [1.165, 1.54) is 19.3 Å². The Morgan fingerprint density at radius 3 is 3.00 bits per heavy atom. The Balaban J connectivity index is 1.71. The Hall–Kier alpha value is -0.870. The SMILES string of the molecule is CC(C)c1nc(CN2[C@@H]3CCNC[C@H]2CC3)co1. The first kappa shape index (κ1) is 12.2. The van der Waals surface area contributed by atoms with Crippen LogP contribution in [0, 0.1) is 0 Å². The Kier molecular flexibility index (Phi) is 3.39. The van der Waals surface area contributed by atoms with Crippen LogP contribution in [0.2, 0.25) is 0 Å². The van der Waals surface area contributed by atoms with Crippen LogP contribution in [0.5, 0.6) is 0 Å². The summed E-state index contributed by atoms with van der Waals surface area (Å²) >= 11 is 0. The lowest BCUT2D eigenvalue weighted by Gasteiger charge is -2.26. The van der Waals surface area contributed by atoms with E-state index in [1.54, 1.807) is 0 Å². The molecule has 2 aliphatic heterocycles. The first-order valence-electron chi connectivity index (χ1n) is 7.15. The molecule has 2 aliphatic rings. The molecule has 0 saturated carbocycles. The Labute approximate surface area is 109 Å². The topological polar surface area (TPSA) is 41.3 Å². The van der Waals surface area contributed by atoms with Gasteiger partial charge in [-0.05, 0) is 25.8 Å². The Morgan fingerprint density at radius 2 is 2.22 bits per heavy atom. The van der Waals surface area contributed by atoms with Crippen LogP contribution >= 0.6 is 0 Å². The Morgan fingerprint density at radius 1 is 1.39 bits per heavy atom. The van der Waals surface area contributed by atoms with Gasteiger partial charge in [-0.1, -0.05) is 13.8 Å². The summed E-state index contributed by atoms with van der Waals surface area (Å²) in [7, 11) is 0. The van der Waals surface area contributed by atoms with Gasteiger partial charge >= 0.3 is 0 Å². The van der Waals surface area contributed by atoms with Crippen LogP contribution in [-0.2, 0) is 6.54 Å². The second-order valence-corrected chi connectivity index (χ2v) is 5.88. The average Bonchev–Trinajstić information content (AvgIpc) is 2.85. The monoisotopic (exact) mass is 249 g/mol. The van der Waals surface area contributed by atoms with Crippen LogP contribution in [0.4, 0.5) is 0 Å². The van der Waals surface area contributed by atoms with Gasteiger partial charge in [0.15, 0.2) is 5.89 Å². The number of hydrogen-bond donors (Lipinski definition) is 1. The van der Waals surface area contributed by atoms with Crippen LogP contribution in [0.15, 0.2) is 10.7 Å². The van der Waals surface area contributed by atoms with Crippen molar-refractivity contribution in [3.8, 4) is 0 Å². The molecule has 0 amide bonds. The van der Waals surface area contributed by atoms with Gasteiger partial charge in [-0.2, -0.15) is 0 Å². The van der Waals surface area contributed by atoms with Gasteiger partial charge in [0.05, 0.1) is 5.69 Å². The van der Waals surface area contributed by atoms with E-state index in [-0.39, 0.29) is 0 Å². The fourth-order valence-electron chi connectivity index (χ4n) is 3.19. The number of rotatable bonds is 3. The first-order valence-corrected chi connectivity index (χ1v) is 7.15. The van der Waals surface area contributed by atoms with E-state index in [0.29, 0.717) is 12.0 Å². The highest BCUT2D eigenvalue weighted by molar-refractivity contribution is 5.02. The third-order valence-corrected chi connectivity index (χ3v) is 4.21. The summed E-state index contributed by atoms with van der Waals surface area (Å²) in [5, 5.41) is 3.53. The highest BCUT2D eigenvalue weighted by Crippen LogP contribution is 2.29. The van der Waals surface area contributed by atoms with E-state index >= 15 is 0 Å². The molecule has 1 aromatic heterocycles. The van der Waals surface area contributed by atoms with Gasteiger partial charge in [0.2, 0.25) is 0 Å². The lowest BCUT2D eigenvalue weighted by molar-refractivity contribution is 0.191. The van der Waals surface area contributed by atoms with Crippen LogP contribution in [0.25, 0.3) is 0 Å². The summed E-state index contributed by atoms with van der Waals surface area (Å²) in [5.41, 5.74) is 1.09. The van der Waals surface area contributed by atoms with E-state index in [0.717, 1.165) is 37.3 Å². The summed E-state index contributed by atoms with van der Waals surface area (Å²) in [6.45, 7) is 7.48. The lowest BCUT2D eigenvalue weighted by atomic mass is 10.1. The summed E-state index contributed by atoms with van der Waals surface area (Å²) in [6, 6.07) is 1.43. The third kappa shape index (κ3) is 2.31. The molecule has 0 unspecified atom stereocenters. The van der Waals surface area contributed by atoms with Crippen molar-refractivity contribution >= 4 is 0 Å². The van der Waals surface area contributed by atoms with Crippen molar-refractivity contribution in [3.63, 3.8) is 0 Å². The molecular formula is C14H23N3O. The normalized spacial score (nSPS) is 28.8. The molecule has 2 fully saturated rings. The molecule has 3 rings (SSSR count). The number of nitrogens with zero attached hydrogens (tertiary/aromatic N) is 2. The molecule has 1 N–H and O–H groups in total. The average molecular weight is 249 g/mol. The molecule has 18 heavy (non-hydrogen) atoms. The minimum absolute atomic E-state index is 0.376. The van der Waals surface area contributed by atoms with Crippen molar-refractivity contribution in [2.24, 2.45) is 0 Å². The van der Waals surface area contributed by atoms with Gasteiger partial charge in [0.25, 0.3) is 0 Å². The maximum Gasteiger partial charge on any atom is 0.196 e. The lowest BCUT2D eigenvalue weighted by Crippen LogP contribution is -2.37. The van der Waals surface area contributed by atoms with Crippen molar-refractivity contribution in [2.45, 2.75) is 57.7 Å². The van der Waals surface area contributed by atoms with Crippen LogP contribution in [0.1, 0.15) is 50.6 Å². The largest absolute Gasteiger partial charge is 0.448 e. The van der Waals surface area contributed by atoms with E-state index in [1.807, 2.05) is 6.26 Å². The van der Waals surface area contributed by atoms with Crippen molar-refractivity contribution in [3.05, 3.63) is 17.8 Å². The smallest absolute Gasteiger partial charge is 0.196 e. The van der Waals surface area contributed by atoms with Gasteiger partial charge < -0.3 is 9.73 Å². The minimum Gasteiger partial charge on any atom is -0.448 e. The maximum absolute atomic E-state index is 5.54. The molecule has 0 spiro atoms. The molecule has 2 saturated heterocycles. The second-order valence-electron chi connectivity index (χ2n) is 5.88. The highest BCUT2D eigenvalue weighted by atomic mass is 16.3. The molecule has 0 aromatic carbocycles. The van der Waals surface area contributed by atoms with Crippen LogP contribution < -0.4 is 5.32 Å². The molecule has 4 heteroatoms. The van der Waals surface area contributed by atoms with E-state index in [9.17, 15) is 0 Å². The molecule has 1 aromatic rings. The second kappa shape index (κ2) is 5.02. The van der Waals surface area contributed by atoms with Gasteiger partial charge in [-0.15, -0.1) is 0 Å². The first-order chi connectivity index (χ1) is 8.74. The zero-order valence-corrected chi connectivity index (χ0v) is 11.4. The zero-order valence-electron chi connectivity index (χ0n) is 11.4. The number of aromatic nitrogens is 1. The fourth-order valence-corrected chi connectivity index (χ4v) is 3.19. The maximum atomic E-state index is 5.54. The number of hydrogen-bond acceptors (Lipinski definition) is 4. The predicted molar refractivity (Wildman–Crippen MR) is 70.4 cm³/mol. The number of oxazole rings is 1. The molecular weight excluding hydrogens is 226 g/mol. The molecule has 4 nitrogen and oxygen atoms in total. The predicted octanol–water partition coefficient (Wildman–Crippen LogP) is 2.12. The molecule has 0 aliphatic carbocycles. The van der Waals surface area contributed by atoms with Gasteiger partial charge in [-0.3, -0.25) is 4.90 Å². The van der Waals surface area contributed by atoms with E-state index in [2.05, 4.69) is 29.0 Å². The van der Waals surface area contributed by atoms with Gasteiger partial charge in [-0.25, -0.2) is 4.98 Å². The van der Waals surface area contributed by atoms with Crippen molar-refractivity contribution < 1.29 is 4.42 Å². The minimum atomic E-state index is 0.376. The standard InChI is InChI=1S/C14H23N3O/c1-10(2)14-16-11(9-18-14)8-17-12-3-4-13(17)7-15-6-5-12/h9-10,12-13,15H,3-8H2,1-2H3/t12-,13+/m0/s1.